The summed E-state index contributed by atoms with van der Waals surface area (Å²) in [6.07, 6.45) is 0. The summed E-state index contributed by atoms with van der Waals surface area (Å²) in [7, 11) is -2.38. The molecule has 0 fully saturated rings. The molecule has 0 amide bonds. The lowest BCUT2D eigenvalue weighted by Gasteiger charge is -1.89. The van der Waals surface area contributed by atoms with Crippen LogP contribution in [-0.4, -0.2) is 8.22 Å². The smallest absolute Gasteiger partial charge is 0.194 e. The fraction of sp³-hybridized carbons (Fsp3) is 0.500. The van der Waals surface area contributed by atoms with Crippen LogP contribution < -0.4 is 0 Å². The van der Waals surface area contributed by atoms with Crippen molar-refractivity contribution in [2.75, 3.05) is 0 Å². The van der Waals surface area contributed by atoms with Gasteiger partial charge in [-0.15, -0.1) is 0 Å². The summed E-state index contributed by atoms with van der Waals surface area (Å²) in [5.74, 6) is 0. The van der Waals surface area contributed by atoms with E-state index in [4.69, 9.17) is 10.5 Å². The highest BCUT2D eigenvalue weighted by molar-refractivity contribution is 14.1. The standard InChI is InChI=1S/C4H2I2N2O3P/c5-3(1-7)10-12(9)11-4(6)2-8/h3-4H/q+1. The molecule has 0 aromatic carbocycles. The first-order valence-corrected chi connectivity index (χ1v) is 6.07. The molecule has 0 bridgehead atoms. The van der Waals surface area contributed by atoms with Gasteiger partial charge in [0.1, 0.15) is 12.1 Å². The van der Waals surface area contributed by atoms with Gasteiger partial charge in [-0.25, -0.2) is 0 Å². The zero-order valence-corrected chi connectivity index (χ0v) is 10.7. The van der Waals surface area contributed by atoms with Crippen LogP contribution in [0.4, 0.5) is 0 Å². The van der Waals surface area contributed by atoms with E-state index in [1.807, 2.05) is 0 Å². The molecule has 0 spiro atoms. The summed E-state index contributed by atoms with van der Waals surface area (Å²) in [6.45, 7) is 0. The SMILES string of the molecule is N#CC(I)O[P+](=O)OC(I)C#N. The molecule has 0 aromatic heterocycles. The molecular formula is C4H2I2N2O3P+. The molecule has 0 saturated carbocycles. The zero-order chi connectivity index (χ0) is 9.56. The van der Waals surface area contributed by atoms with Crippen LogP contribution in [0.15, 0.2) is 0 Å². The third kappa shape index (κ3) is 6.03. The average molecular weight is 411 g/mol. The first-order chi connectivity index (χ1) is 5.60. The van der Waals surface area contributed by atoms with E-state index < -0.39 is 16.5 Å². The third-order valence-electron chi connectivity index (χ3n) is 0.560. The van der Waals surface area contributed by atoms with Gasteiger partial charge >= 0.3 is 8.25 Å². The summed E-state index contributed by atoms with van der Waals surface area (Å²) < 4.78 is 18.2. The fourth-order valence-corrected chi connectivity index (χ4v) is 1.78. The van der Waals surface area contributed by atoms with E-state index >= 15 is 0 Å². The number of alkyl halides is 2. The predicted octanol–water partition coefficient (Wildman–Crippen LogP) is 2.25. The number of hydrogen-bond acceptors (Lipinski definition) is 5. The minimum Gasteiger partial charge on any atom is -0.194 e. The lowest BCUT2D eigenvalue weighted by molar-refractivity contribution is 0.251. The summed E-state index contributed by atoms with van der Waals surface area (Å²) >= 11 is 3.29. The Labute approximate surface area is 97.2 Å². The maximum atomic E-state index is 10.8. The van der Waals surface area contributed by atoms with Crippen LogP contribution in [0.1, 0.15) is 0 Å². The Balaban J connectivity index is 3.78. The molecule has 0 aliphatic rings. The number of hydrogen-bond donors (Lipinski definition) is 0. The van der Waals surface area contributed by atoms with Gasteiger partial charge in [0.2, 0.25) is 0 Å². The van der Waals surface area contributed by atoms with Crippen molar-refractivity contribution >= 4 is 53.4 Å². The van der Waals surface area contributed by atoms with E-state index in [2.05, 4.69) is 9.05 Å². The number of nitriles is 2. The van der Waals surface area contributed by atoms with Crippen LogP contribution in [-0.2, 0) is 13.6 Å². The van der Waals surface area contributed by atoms with Gasteiger partial charge in [-0.1, -0.05) is 9.05 Å². The first kappa shape index (κ1) is 12.5. The van der Waals surface area contributed by atoms with Gasteiger partial charge in [0, 0.05) is 4.57 Å². The lowest BCUT2D eigenvalue weighted by atomic mass is 10.9. The van der Waals surface area contributed by atoms with Crippen molar-refractivity contribution in [1.82, 2.24) is 0 Å². The van der Waals surface area contributed by atoms with Crippen molar-refractivity contribution < 1.29 is 13.6 Å². The maximum absolute atomic E-state index is 10.8. The Morgan fingerprint density at radius 1 is 1.17 bits per heavy atom. The Bertz CT molecular complexity index is 224. The molecule has 2 atom stereocenters. The molecule has 0 aliphatic heterocycles. The average Bonchev–Trinajstić information content (AvgIpc) is 2.03. The molecular weight excluding hydrogens is 409 g/mol. The molecule has 0 aromatic rings. The molecule has 12 heavy (non-hydrogen) atoms. The number of halogens is 2. The molecule has 0 aliphatic carbocycles. The maximum Gasteiger partial charge on any atom is 0.701 e. The van der Waals surface area contributed by atoms with Crippen LogP contribution in [0, 0.1) is 22.7 Å². The van der Waals surface area contributed by atoms with Gasteiger partial charge in [0.05, 0.1) is 0 Å². The predicted molar refractivity (Wildman–Crippen MR) is 56.6 cm³/mol. The van der Waals surface area contributed by atoms with Crippen molar-refractivity contribution in [3.8, 4) is 12.1 Å². The van der Waals surface area contributed by atoms with Gasteiger partial charge in [-0.2, -0.15) is 10.5 Å². The van der Waals surface area contributed by atoms with E-state index in [-0.39, 0.29) is 0 Å². The Morgan fingerprint density at radius 2 is 1.50 bits per heavy atom. The van der Waals surface area contributed by atoms with Gasteiger partial charge in [0.15, 0.2) is 0 Å². The topological polar surface area (TPSA) is 83.1 Å². The normalized spacial score (nSPS) is 15.5. The number of rotatable bonds is 4. The second kappa shape index (κ2) is 6.92. The van der Waals surface area contributed by atoms with E-state index in [1.54, 1.807) is 57.3 Å². The monoisotopic (exact) mass is 411 g/mol. The Morgan fingerprint density at radius 3 is 1.75 bits per heavy atom. The van der Waals surface area contributed by atoms with Gasteiger partial charge in [-0.3, -0.25) is 0 Å². The van der Waals surface area contributed by atoms with Crippen molar-refractivity contribution in [2.45, 2.75) is 8.22 Å². The molecule has 0 heterocycles. The first-order valence-electron chi connectivity index (χ1n) is 2.48. The molecule has 0 saturated heterocycles. The Hall–Kier alpha value is 0.460. The van der Waals surface area contributed by atoms with Gasteiger partial charge in [0.25, 0.3) is 8.22 Å². The van der Waals surface area contributed by atoms with Crippen molar-refractivity contribution in [3.63, 3.8) is 0 Å². The highest BCUT2D eigenvalue weighted by Crippen LogP contribution is 2.31. The minimum atomic E-state index is -2.38. The molecule has 0 radical (unpaired) electrons. The van der Waals surface area contributed by atoms with E-state index in [1.165, 1.54) is 0 Å². The summed E-state index contributed by atoms with van der Waals surface area (Å²) in [5.41, 5.74) is 0. The van der Waals surface area contributed by atoms with Crippen molar-refractivity contribution in [3.05, 3.63) is 0 Å². The van der Waals surface area contributed by atoms with Crippen LogP contribution in [0.3, 0.4) is 0 Å². The molecule has 64 valence electrons. The van der Waals surface area contributed by atoms with Crippen molar-refractivity contribution in [2.24, 2.45) is 0 Å². The second-order valence-electron chi connectivity index (χ2n) is 1.32. The summed E-state index contributed by atoms with van der Waals surface area (Å²) in [4.78, 5) is 0. The largest absolute Gasteiger partial charge is 0.701 e. The van der Waals surface area contributed by atoms with Crippen LogP contribution in [0.2, 0.25) is 0 Å². The second-order valence-corrected chi connectivity index (χ2v) is 4.46. The third-order valence-corrected chi connectivity index (χ3v) is 3.20. The van der Waals surface area contributed by atoms with Gasteiger partial charge < -0.3 is 0 Å². The molecule has 0 rings (SSSR count). The van der Waals surface area contributed by atoms with Crippen LogP contribution >= 0.6 is 53.4 Å². The van der Waals surface area contributed by atoms with E-state index in [0.29, 0.717) is 0 Å². The quantitative estimate of drug-likeness (QED) is 0.403. The van der Waals surface area contributed by atoms with Crippen LogP contribution in [0.25, 0.3) is 0 Å². The van der Waals surface area contributed by atoms with E-state index in [0.717, 1.165) is 0 Å². The van der Waals surface area contributed by atoms with Crippen LogP contribution in [0.5, 0.6) is 0 Å². The zero-order valence-electron chi connectivity index (χ0n) is 5.48. The molecule has 8 heteroatoms. The fourth-order valence-electron chi connectivity index (χ4n) is 0.223. The highest BCUT2D eigenvalue weighted by Gasteiger charge is 2.29. The van der Waals surface area contributed by atoms with Gasteiger partial charge in [-0.05, 0) is 45.2 Å². The molecule has 2 unspecified atom stereocenters. The highest BCUT2D eigenvalue weighted by atomic mass is 127. The molecule has 5 nitrogen and oxygen atoms in total. The lowest BCUT2D eigenvalue weighted by Crippen LogP contribution is -1.98. The summed E-state index contributed by atoms with van der Waals surface area (Å²) in [6, 6.07) is 3.40. The van der Waals surface area contributed by atoms with E-state index in [9.17, 15) is 4.57 Å². The minimum absolute atomic E-state index is 0.825. The number of nitrogens with zero attached hydrogens (tertiary/aromatic N) is 2. The van der Waals surface area contributed by atoms with Crippen molar-refractivity contribution in [1.29, 1.82) is 10.5 Å². The Kier molecular flexibility index (Phi) is 7.19. The molecule has 0 N–H and O–H groups in total. The summed E-state index contributed by atoms with van der Waals surface area (Å²) in [5, 5.41) is 16.5.